The zero-order valence-corrected chi connectivity index (χ0v) is 11.3. The van der Waals surface area contributed by atoms with Gasteiger partial charge < -0.3 is 5.73 Å². The summed E-state index contributed by atoms with van der Waals surface area (Å²) >= 11 is 0. The quantitative estimate of drug-likeness (QED) is 0.823. The fraction of sp³-hybridized carbons (Fsp3) is 0.538. The van der Waals surface area contributed by atoms with Gasteiger partial charge >= 0.3 is 0 Å². The molecule has 0 atom stereocenters. The second-order valence-corrected chi connectivity index (χ2v) is 6.63. The van der Waals surface area contributed by atoms with Crippen LogP contribution in [0.15, 0.2) is 24.3 Å². The topological polar surface area (TPSA) is 63.4 Å². The molecule has 1 aliphatic heterocycles. The number of nitrogens with two attached hydrogens (primary N) is 1. The molecule has 0 bridgehead atoms. The van der Waals surface area contributed by atoms with Gasteiger partial charge in [-0.2, -0.15) is 0 Å². The molecule has 100 valence electrons. The number of rotatable bonds is 5. The molecule has 0 radical (unpaired) electrons. The fourth-order valence-electron chi connectivity index (χ4n) is 2.33. The Balaban J connectivity index is 2.19. The molecule has 2 rings (SSSR count). The molecule has 0 spiro atoms. The summed E-state index contributed by atoms with van der Waals surface area (Å²) in [6.45, 7) is 1.15. The fourth-order valence-corrected chi connectivity index (χ4v) is 4.00. The second-order valence-electron chi connectivity index (χ2n) is 4.62. The van der Waals surface area contributed by atoms with Crippen molar-refractivity contribution in [2.75, 3.05) is 23.1 Å². The number of anilines is 1. The van der Waals surface area contributed by atoms with Crippen LogP contribution in [-0.2, 0) is 16.4 Å². The van der Waals surface area contributed by atoms with Crippen LogP contribution in [0.3, 0.4) is 0 Å². The molecule has 0 amide bonds. The van der Waals surface area contributed by atoms with E-state index in [1.54, 1.807) is 4.31 Å². The number of hydrogen-bond acceptors (Lipinski definition) is 3. The van der Waals surface area contributed by atoms with Crippen LogP contribution >= 0.6 is 0 Å². The molecule has 0 saturated carbocycles. The molecule has 1 heterocycles. The first-order chi connectivity index (χ1) is 8.65. The zero-order chi connectivity index (χ0) is 13.0. The van der Waals surface area contributed by atoms with Gasteiger partial charge in [-0.1, -0.05) is 18.2 Å². The highest BCUT2D eigenvalue weighted by atomic mass is 32.2. The van der Waals surface area contributed by atoms with Crippen LogP contribution in [0.1, 0.15) is 24.8 Å². The molecule has 18 heavy (non-hydrogen) atoms. The molecule has 2 N–H and O–H groups in total. The Labute approximate surface area is 109 Å². The third-order valence-corrected chi connectivity index (χ3v) is 5.12. The highest BCUT2D eigenvalue weighted by molar-refractivity contribution is 7.92. The Morgan fingerprint density at radius 1 is 1.22 bits per heavy atom. The van der Waals surface area contributed by atoms with Gasteiger partial charge in [-0.15, -0.1) is 0 Å². The van der Waals surface area contributed by atoms with Crippen LogP contribution in [0, 0.1) is 0 Å². The van der Waals surface area contributed by atoms with Crippen LogP contribution in [0.25, 0.3) is 0 Å². The van der Waals surface area contributed by atoms with Gasteiger partial charge in [-0.25, -0.2) is 8.42 Å². The summed E-state index contributed by atoms with van der Waals surface area (Å²) in [6, 6.07) is 7.77. The molecule has 1 aromatic carbocycles. The van der Waals surface area contributed by atoms with Crippen molar-refractivity contribution >= 4 is 15.7 Å². The van der Waals surface area contributed by atoms with Crippen molar-refractivity contribution in [1.29, 1.82) is 0 Å². The zero-order valence-electron chi connectivity index (χ0n) is 10.5. The van der Waals surface area contributed by atoms with Crippen molar-refractivity contribution in [3.63, 3.8) is 0 Å². The van der Waals surface area contributed by atoms with E-state index in [4.69, 9.17) is 5.73 Å². The number of unbranched alkanes of at least 4 members (excludes halogenated alkanes) is 1. The van der Waals surface area contributed by atoms with E-state index in [1.807, 2.05) is 24.3 Å². The van der Waals surface area contributed by atoms with Gasteiger partial charge in [0, 0.05) is 6.54 Å². The van der Waals surface area contributed by atoms with Gasteiger partial charge in [0.2, 0.25) is 10.0 Å². The van der Waals surface area contributed by atoms with Crippen molar-refractivity contribution in [2.24, 2.45) is 5.73 Å². The van der Waals surface area contributed by atoms with E-state index in [0.717, 1.165) is 30.5 Å². The Kier molecular flexibility index (Phi) is 4.24. The Morgan fingerprint density at radius 3 is 2.78 bits per heavy atom. The van der Waals surface area contributed by atoms with Crippen molar-refractivity contribution < 1.29 is 8.42 Å². The van der Waals surface area contributed by atoms with Crippen molar-refractivity contribution in [1.82, 2.24) is 0 Å². The van der Waals surface area contributed by atoms with Crippen molar-refractivity contribution in [3.8, 4) is 0 Å². The minimum Gasteiger partial charge on any atom is -0.330 e. The van der Waals surface area contributed by atoms with E-state index in [2.05, 4.69) is 0 Å². The molecule has 0 saturated heterocycles. The second kappa shape index (κ2) is 5.71. The summed E-state index contributed by atoms with van der Waals surface area (Å²) in [4.78, 5) is 0. The molecule has 1 aliphatic rings. The summed E-state index contributed by atoms with van der Waals surface area (Å²) in [5.41, 5.74) is 7.39. The number of para-hydroxylation sites is 1. The SMILES string of the molecule is NCCCCS(=O)(=O)N1CCCc2ccccc21. The molecule has 0 aliphatic carbocycles. The summed E-state index contributed by atoms with van der Waals surface area (Å²) in [7, 11) is -3.19. The minimum absolute atomic E-state index is 0.193. The maximum Gasteiger partial charge on any atom is 0.235 e. The average molecular weight is 268 g/mol. The molecular weight excluding hydrogens is 248 g/mol. The van der Waals surface area contributed by atoms with Crippen molar-refractivity contribution in [3.05, 3.63) is 29.8 Å². The lowest BCUT2D eigenvalue weighted by Gasteiger charge is -2.30. The summed E-state index contributed by atoms with van der Waals surface area (Å²) in [6.07, 6.45) is 3.25. The van der Waals surface area contributed by atoms with E-state index in [0.29, 0.717) is 19.5 Å². The summed E-state index contributed by atoms with van der Waals surface area (Å²) in [5.74, 6) is 0.193. The average Bonchev–Trinajstić information content (AvgIpc) is 2.38. The molecule has 0 fully saturated rings. The molecule has 0 aromatic heterocycles. The lowest BCUT2D eigenvalue weighted by molar-refractivity contribution is 0.582. The number of aryl methyl sites for hydroxylation is 1. The van der Waals surface area contributed by atoms with Crippen LogP contribution < -0.4 is 10.0 Å². The van der Waals surface area contributed by atoms with E-state index in [-0.39, 0.29) is 5.75 Å². The first-order valence-electron chi connectivity index (χ1n) is 6.43. The predicted molar refractivity (Wildman–Crippen MR) is 74.2 cm³/mol. The molecular formula is C13H20N2O2S. The van der Waals surface area contributed by atoms with E-state index in [1.165, 1.54) is 0 Å². The normalized spacial score (nSPS) is 15.5. The minimum atomic E-state index is -3.19. The van der Waals surface area contributed by atoms with E-state index < -0.39 is 10.0 Å². The molecule has 4 nitrogen and oxygen atoms in total. The van der Waals surface area contributed by atoms with E-state index >= 15 is 0 Å². The Bertz CT molecular complexity index is 499. The molecule has 1 aromatic rings. The lowest BCUT2D eigenvalue weighted by atomic mass is 10.0. The van der Waals surface area contributed by atoms with Crippen LogP contribution in [0.4, 0.5) is 5.69 Å². The third kappa shape index (κ3) is 2.84. The summed E-state index contributed by atoms with van der Waals surface area (Å²) in [5, 5.41) is 0. The van der Waals surface area contributed by atoms with Crippen molar-refractivity contribution in [2.45, 2.75) is 25.7 Å². The Hall–Kier alpha value is -1.07. The maximum atomic E-state index is 12.3. The highest BCUT2D eigenvalue weighted by Gasteiger charge is 2.26. The van der Waals surface area contributed by atoms with Gasteiger partial charge in [0.25, 0.3) is 0 Å². The largest absolute Gasteiger partial charge is 0.330 e. The van der Waals surface area contributed by atoms with Crippen LogP contribution in [0.5, 0.6) is 0 Å². The van der Waals surface area contributed by atoms with Gasteiger partial charge in [-0.3, -0.25) is 4.31 Å². The van der Waals surface area contributed by atoms with Crippen LogP contribution in [0.2, 0.25) is 0 Å². The number of hydrogen-bond donors (Lipinski definition) is 1. The Morgan fingerprint density at radius 2 is 2.00 bits per heavy atom. The smallest absolute Gasteiger partial charge is 0.235 e. The monoisotopic (exact) mass is 268 g/mol. The number of nitrogens with zero attached hydrogens (tertiary/aromatic N) is 1. The standard InChI is InChI=1S/C13H20N2O2S/c14-9-3-4-11-18(16,17)15-10-5-7-12-6-1-2-8-13(12)15/h1-2,6,8H,3-5,7,9-11,14H2. The number of sulfonamides is 1. The van der Waals surface area contributed by atoms with Gasteiger partial charge in [0.15, 0.2) is 0 Å². The lowest BCUT2D eigenvalue weighted by Crippen LogP contribution is -2.37. The number of fused-ring (bicyclic) bond motifs is 1. The molecule has 5 heteroatoms. The van der Waals surface area contributed by atoms with Gasteiger partial charge in [0.1, 0.15) is 0 Å². The van der Waals surface area contributed by atoms with Gasteiger partial charge in [0.05, 0.1) is 11.4 Å². The van der Waals surface area contributed by atoms with Gasteiger partial charge in [-0.05, 0) is 43.9 Å². The highest BCUT2D eigenvalue weighted by Crippen LogP contribution is 2.29. The molecule has 0 unspecified atom stereocenters. The predicted octanol–water partition coefficient (Wildman–Crippen LogP) is 1.51. The maximum absolute atomic E-state index is 12.3. The first kappa shape index (κ1) is 13.4. The van der Waals surface area contributed by atoms with E-state index in [9.17, 15) is 8.42 Å². The first-order valence-corrected chi connectivity index (χ1v) is 8.04. The summed E-state index contributed by atoms with van der Waals surface area (Å²) < 4.78 is 26.2. The third-order valence-electron chi connectivity index (χ3n) is 3.26. The number of benzene rings is 1. The van der Waals surface area contributed by atoms with Crippen LogP contribution in [-0.4, -0.2) is 27.3 Å².